The van der Waals surface area contributed by atoms with E-state index in [1.807, 2.05) is 50.1 Å². The predicted octanol–water partition coefficient (Wildman–Crippen LogP) is 8.34. The molecule has 0 unspecified atom stereocenters. The molecule has 0 saturated heterocycles. The average Bonchev–Trinajstić information content (AvgIpc) is 3.22. The molecule has 0 radical (unpaired) electrons. The number of nitro groups is 2. The molecule has 0 aromatic heterocycles. The van der Waals surface area contributed by atoms with Gasteiger partial charge in [-0.05, 0) is 97.1 Å². The maximum atomic E-state index is 12.6. The van der Waals surface area contributed by atoms with Gasteiger partial charge in [0.15, 0.2) is 17.3 Å². The minimum absolute atomic E-state index is 0. The Balaban J connectivity index is 0.000000327. The van der Waals surface area contributed by atoms with E-state index in [0.717, 1.165) is 23.5 Å². The molecular formula is C43H44Cl4N10O7. The molecule has 0 amide bonds. The van der Waals surface area contributed by atoms with Crippen LogP contribution >= 0.6 is 48.0 Å². The molecule has 0 bridgehead atoms. The molecule has 6 aromatic rings. The van der Waals surface area contributed by atoms with Gasteiger partial charge in [-0.15, -0.1) is 24.8 Å². The first-order valence-corrected chi connectivity index (χ1v) is 18.8. The van der Waals surface area contributed by atoms with Crippen molar-refractivity contribution < 1.29 is 24.2 Å². The number of carbonyl (C=O) groups excluding carboxylic acids is 3. The molecule has 0 aliphatic rings. The van der Waals surface area contributed by atoms with Gasteiger partial charge in [-0.25, -0.2) is 0 Å². The Hall–Kier alpha value is -7.31. The zero-order chi connectivity index (χ0) is 46.2. The third-order valence-electron chi connectivity index (χ3n) is 9.04. The van der Waals surface area contributed by atoms with Crippen LogP contribution in [0.4, 0.5) is 56.9 Å². The van der Waals surface area contributed by atoms with Gasteiger partial charge in [-0.2, -0.15) is 0 Å². The summed E-state index contributed by atoms with van der Waals surface area (Å²) in [5.41, 5.74) is 39.0. The number of hydrogen-bond acceptors (Lipinski definition) is 15. The van der Waals surface area contributed by atoms with Crippen molar-refractivity contribution in [1.29, 1.82) is 0 Å². The fourth-order valence-electron chi connectivity index (χ4n) is 5.76. The van der Waals surface area contributed by atoms with Crippen molar-refractivity contribution in [1.82, 2.24) is 0 Å². The fraction of sp³-hybridized carbons (Fsp3) is 0.0930. The van der Waals surface area contributed by atoms with Gasteiger partial charge in [0.2, 0.25) is 0 Å². The van der Waals surface area contributed by atoms with Gasteiger partial charge >= 0.3 is 0 Å². The van der Waals surface area contributed by atoms with Crippen LogP contribution in [0.1, 0.15) is 47.8 Å². The number of nitrogens with two attached hydrogens (primary N) is 6. The summed E-state index contributed by atoms with van der Waals surface area (Å²) in [7, 11) is 7.64. The van der Waals surface area contributed by atoms with E-state index in [1.165, 1.54) is 36.4 Å². The quantitative estimate of drug-likeness (QED) is 0.0325. The first-order chi connectivity index (χ1) is 29.1. The number of halogens is 4. The van der Waals surface area contributed by atoms with Crippen molar-refractivity contribution in [3.05, 3.63) is 173 Å². The number of carbonyl (C=O) groups is 3. The lowest BCUT2D eigenvalue weighted by molar-refractivity contribution is -0.384. The minimum Gasteiger partial charge on any atom is -0.398 e. The standard InChI is InChI=1S/C17H22N4O.C13H10Cl2N2O.C13H10N4O5.2ClH/c1-20(2)15-7-5-11(9-13(15)18)17(22)12-6-8-16(21(3)4)14(19)10-12;14-9-3-1-7(5-11(9)16)13(18)8-2-4-10(15)12(17)6-8;14-9-3-1-7(5-11(9)16(19)20)13(18)8-2-4-10(15)12(6-8)17(21)22;;/h5-10H,18-19H2,1-4H3;1-6H,16-17H2;1-6H,14-15H2;2*1H. The monoisotopic (exact) mass is 952 g/mol. The van der Waals surface area contributed by atoms with Crippen molar-refractivity contribution in [2.24, 2.45) is 0 Å². The van der Waals surface area contributed by atoms with Crippen molar-refractivity contribution in [3.63, 3.8) is 0 Å². The number of benzene rings is 6. The second kappa shape index (κ2) is 22.7. The van der Waals surface area contributed by atoms with Crippen molar-refractivity contribution in [2.45, 2.75) is 0 Å². The van der Waals surface area contributed by atoms with E-state index < -0.39 is 27.0 Å². The smallest absolute Gasteiger partial charge is 0.292 e. The van der Waals surface area contributed by atoms with Crippen molar-refractivity contribution in [3.8, 4) is 0 Å². The first kappa shape index (κ1) is 52.8. The third-order valence-corrected chi connectivity index (χ3v) is 9.73. The van der Waals surface area contributed by atoms with Gasteiger partial charge in [0, 0.05) is 73.7 Å². The Bertz CT molecular complexity index is 2560. The first-order valence-electron chi connectivity index (χ1n) is 18.1. The number of rotatable bonds is 10. The molecule has 336 valence electrons. The van der Waals surface area contributed by atoms with Crippen LogP contribution in [0.2, 0.25) is 10.0 Å². The van der Waals surface area contributed by atoms with E-state index in [2.05, 4.69) is 0 Å². The number of ketones is 3. The highest BCUT2D eigenvalue weighted by atomic mass is 35.5. The minimum atomic E-state index is -0.711. The number of hydrogen-bond donors (Lipinski definition) is 6. The van der Waals surface area contributed by atoms with Crippen LogP contribution in [0.5, 0.6) is 0 Å². The molecule has 17 nitrogen and oxygen atoms in total. The van der Waals surface area contributed by atoms with Crippen molar-refractivity contribution in [2.75, 3.05) is 72.4 Å². The van der Waals surface area contributed by atoms with Crippen LogP contribution in [-0.4, -0.2) is 55.4 Å². The normalized spacial score (nSPS) is 9.97. The molecule has 0 aliphatic carbocycles. The second-order valence-electron chi connectivity index (χ2n) is 13.9. The molecule has 0 heterocycles. The Kier molecular flexibility index (Phi) is 18.7. The summed E-state index contributed by atoms with van der Waals surface area (Å²) in [5, 5.41) is 22.5. The van der Waals surface area contributed by atoms with Crippen LogP contribution in [0.25, 0.3) is 0 Å². The number of nitrogen functional groups attached to an aromatic ring is 6. The highest BCUT2D eigenvalue weighted by molar-refractivity contribution is 6.34. The van der Waals surface area contributed by atoms with Crippen LogP contribution in [0.3, 0.4) is 0 Å². The Morgan fingerprint density at radius 1 is 0.422 bits per heavy atom. The zero-order valence-corrected chi connectivity index (χ0v) is 37.7. The van der Waals surface area contributed by atoms with E-state index >= 15 is 0 Å². The third kappa shape index (κ3) is 12.9. The van der Waals surface area contributed by atoms with Gasteiger partial charge in [0.25, 0.3) is 11.4 Å². The topological polar surface area (TPSA) is 300 Å². The number of nitro benzene ring substituents is 2. The lowest BCUT2D eigenvalue weighted by atomic mass is 10.0. The molecule has 6 rings (SSSR count). The summed E-state index contributed by atoms with van der Waals surface area (Å²) >= 11 is 11.6. The number of anilines is 8. The average molecular weight is 955 g/mol. The summed E-state index contributed by atoms with van der Waals surface area (Å²) in [5.74, 6) is -0.873. The Labute approximate surface area is 390 Å². The summed E-state index contributed by atoms with van der Waals surface area (Å²) in [4.78, 5) is 61.1. The van der Waals surface area contributed by atoms with E-state index in [0.29, 0.717) is 55.0 Å². The Morgan fingerprint density at radius 3 is 0.922 bits per heavy atom. The molecule has 0 saturated carbocycles. The summed E-state index contributed by atoms with van der Waals surface area (Å²) in [6, 6.07) is 27.3. The zero-order valence-electron chi connectivity index (χ0n) is 34.6. The fourth-order valence-corrected chi connectivity index (χ4v) is 6.00. The summed E-state index contributed by atoms with van der Waals surface area (Å²) < 4.78 is 0. The molecule has 12 N–H and O–H groups in total. The van der Waals surface area contributed by atoms with Gasteiger partial charge in [-0.3, -0.25) is 34.6 Å². The summed E-state index contributed by atoms with van der Waals surface area (Å²) in [6.45, 7) is 0. The molecule has 0 atom stereocenters. The van der Waals surface area contributed by atoms with Crippen LogP contribution in [0, 0.1) is 20.2 Å². The number of nitrogens with zero attached hydrogens (tertiary/aromatic N) is 4. The maximum absolute atomic E-state index is 12.6. The van der Waals surface area contributed by atoms with E-state index in [-0.39, 0.29) is 58.9 Å². The van der Waals surface area contributed by atoms with Gasteiger partial charge < -0.3 is 44.2 Å². The molecular weight excluding hydrogens is 910 g/mol. The van der Waals surface area contributed by atoms with Crippen LogP contribution in [-0.2, 0) is 0 Å². The van der Waals surface area contributed by atoms with Gasteiger partial charge in [0.1, 0.15) is 11.4 Å². The van der Waals surface area contributed by atoms with Crippen LogP contribution in [0.15, 0.2) is 109 Å². The highest BCUT2D eigenvalue weighted by Gasteiger charge is 2.20. The van der Waals surface area contributed by atoms with Crippen LogP contribution < -0.4 is 44.2 Å². The summed E-state index contributed by atoms with van der Waals surface area (Å²) in [6.07, 6.45) is 0. The maximum Gasteiger partial charge on any atom is 0.292 e. The molecule has 0 fully saturated rings. The van der Waals surface area contributed by atoms with E-state index in [4.69, 9.17) is 57.6 Å². The largest absolute Gasteiger partial charge is 0.398 e. The van der Waals surface area contributed by atoms with E-state index in [9.17, 15) is 34.6 Å². The SMILES string of the molecule is CN(C)c1ccc(C(=O)c2ccc(N(C)C)c(N)c2)cc1N.Cl.Cl.Nc1cc(C(=O)c2ccc(Cl)c(N)c2)ccc1Cl.Nc1ccc(C(=O)c2ccc(N)c([N+](=O)[O-])c2)cc1[N+](=O)[O-]. The van der Waals surface area contributed by atoms with Gasteiger partial charge in [-0.1, -0.05) is 23.2 Å². The lowest BCUT2D eigenvalue weighted by Crippen LogP contribution is -2.13. The molecule has 0 aliphatic heterocycles. The lowest BCUT2D eigenvalue weighted by Gasteiger charge is -2.17. The predicted molar refractivity (Wildman–Crippen MR) is 262 cm³/mol. The molecule has 0 spiro atoms. The highest BCUT2D eigenvalue weighted by Crippen LogP contribution is 2.29. The van der Waals surface area contributed by atoms with Crippen molar-refractivity contribution >= 4 is 122 Å². The molecule has 64 heavy (non-hydrogen) atoms. The Morgan fingerprint density at radius 2 is 0.672 bits per heavy atom. The molecule has 21 heteroatoms. The second-order valence-corrected chi connectivity index (χ2v) is 14.7. The van der Waals surface area contributed by atoms with E-state index in [1.54, 1.807) is 48.5 Å². The molecule has 6 aromatic carbocycles. The van der Waals surface area contributed by atoms with Gasteiger partial charge in [0.05, 0.1) is 54.0 Å².